The van der Waals surface area contributed by atoms with Gasteiger partial charge in [-0.1, -0.05) is 26.2 Å². The SMILES string of the molecule is C#CC(CC)NC(=O)NCC(CCC)C(=O)O. The first-order valence-corrected chi connectivity index (χ1v) is 5.78. The number of aliphatic carboxylic acids is 1. The van der Waals surface area contributed by atoms with Gasteiger partial charge < -0.3 is 15.7 Å². The van der Waals surface area contributed by atoms with E-state index >= 15 is 0 Å². The number of rotatable bonds is 7. The third-order valence-electron chi connectivity index (χ3n) is 2.41. The van der Waals surface area contributed by atoms with Gasteiger partial charge in [-0.15, -0.1) is 6.42 Å². The summed E-state index contributed by atoms with van der Waals surface area (Å²) < 4.78 is 0. The topological polar surface area (TPSA) is 78.4 Å². The second-order valence-corrected chi connectivity index (χ2v) is 3.81. The lowest BCUT2D eigenvalue weighted by atomic mass is 10.0. The number of carbonyl (C=O) groups is 2. The maximum absolute atomic E-state index is 11.4. The number of carbonyl (C=O) groups excluding carboxylic acids is 1. The molecule has 17 heavy (non-hydrogen) atoms. The summed E-state index contributed by atoms with van der Waals surface area (Å²) in [7, 11) is 0. The van der Waals surface area contributed by atoms with Crippen LogP contribution in [0.25, 0.3) is 0 Å². The van der Waals surface area contributed by atoms with Crippen LogP contribution in [-0.2, 0) is 4.79 Å². The predicted molar refractivity (Wildman–Crippen MR) is 65.5 cm³/mol. The quantitative estimate of drug-likeness (QED) is 0.585. The number of terminal acetylenes is 1. The fourth-order valence-electron chi connectivity index (χ4n) is 1.35. The third-order valence-corrected chi connectivity index (χ3v) is 2.41. The summed E-state index contributed by atoms with van der Waals surface area (Å²) in [5.41, 5.74) is 0. The fourth-order valence-corrected chi connectivity index (χ4v) is 1.35. The third kappa shape index (κ3) is 6.46. The average molecular weight is 240 g/mol. The molecule has 0 spiro atoms. The zero-order valence-electron chi connectivity index (χ0n) is 10.3. The van der Waals surface area contributed by atoms with Crippen molar-refractivity contribution in [3.05, 3.63) is 0 Å². The molecule has 0 bridgehead atoms. The summed E-state index contributed by atoms with van der Waals surface area (Å²) in [6, 6.07) is -0.735. The molecule has 0 saturated heterocycles. The van der Waals surface area contributed by atoms with Crippen molar-refractivity contribution in [1.29, 1.82) is 0 Å². The highest BCUT2D eigenvalue weighted by Gasteiger charge is 2.17. The van der Waals surface area contributed by atoms with Gasteiger partial charge in [-0.2, -0.15) is 0 Å². The minimum absolute atomic E-state index is 0.121. The summed E-state index contributed by atoms with van der Waals surface area (Å²) in [6.45, 7) is 3.89. The maximum atomic E-state index is 11.4. The molecule has 0 fully saturated rings. The highest BCUT2D eigenvalue weighted by molar-refractivity contribution is 5.76. The summed E-state index contributed by atoms with van der Waals surface area (Å²) in [5, 5.41) is 14.0. The lowest BCUT2D eigenvalue weighted by molar-refractivity contribution is -0.141. The van der Waals surface area contributed by atoms with Gasteiger partial charge in [0.15, 0.2) is 0 Å². The molecule has 0 saturated carbocycles. The zero-order valence-corrected chi connectivity index (χ0v) is 10.3. The number of amides is 2. The van der Waals surface area contributed by atoms with E-state index in [2.05, 4.69) is 16.6 Å². The highest BCUT2D eigenvalue weighted by atomic mass is 16.4. The first-order chi connectivity index (χ1) is 8.04. The Morgan fingerprint density at radius 1 is 1.41 bits per heavy atom. The largest absolute Gasteiger partial charge is 0.481 e. The average Bonchev–Trinajstić information content (AvgIpc) is 2.30. The van der Waals surface area contributed by atoms with Gasteiger partial charge in [0.2, 0.25) is 0 Å². The first-order valence-electron chi connectivity index (χ1n) is 5.78. The molecule has 0 radical (unpaired) electrons. The van der Waals surface area contributed by atoms with Crippen molar-refractivity contribution in [1.82, 2.24) is 10.6 Å². The van der Waals surface area contributed by atoms with Crippen molar-refractivity contribution in [2.45, 2.75) is 39.2 Å². The Labute approximate surface area is 102 Å². The number of carboxylic acids is 1. The number of carboxylic acid groups (broad SMARTS) is 1. The van der Waals surface area contributed by atoms with E-state index in [0.717, 1.165) is 6.42 Å². The molecule has 2 amide bonds. The molecule has 0 aliphatic carbocycles. The van der Waals surface area contributed by atoms with Crippen LogP contribution in [-0.4, -0.2) is 29.7 Å². The molecule has 2 atom stereocenters. The molecular formula is C12H20N2O3. The Kier molecular flexibility index (Phi) is 7.61. The standard InChI is InChI=1S/C12H20N2O3/c1-4-7-9(11(15)16)8-13-12(17)14-10(5-2)6-3/h2,9-10H,4,6-8H2,1,3H3,(H,15,16)(H2,13,14,17). The van der Waals surface area contributed by atoms with Crippen molar-refractivity contribution in [2.24, 2.45) is 5.92 Å². The summed E-state index contributed by atoms with van der Waals surface area (Å²) in [4.78, 5) is 22.2. The second kappa shape index (κ2) is 8.45. The van der Waals surface area contributed by atoms with Gasteiger partial charge in [-0.3, -0.25) is 4.79 Å². The predicted octanol–water partition coefficient (Wildman–Crippen LogP) is 1.20. The minimum Gasteiger partial charge on any atom is -0.481 e. The molecule has 0 aliphatic rings. The Morgan fingerprint density at radius 3 is 2.47 bits per heavy atom. The molecule has 0 aromatic rings. The smallest absolute Gasteiger partial charge is 0.315 e. The van der Waals surface area contributed by atoms with Crippen molar-refractivity contribution < 1.29 is 14.7 Å². The molecule has 5 heteroatoms. The van der Waals surface area contributed by atoms with E-state index in [0.29, 0.717) is 12.8 Å². The maximum Gasteiger partial charge on any atom is 0.315 e. The molecule has 0 aromatic heterocycles. The second-order valence-electron chi connectivity index (χ2n) is 3.81. The van der Waals surface area contributed by atoms with Crippen LogP contribution in [0.5, 0.6) is 0 Å². The summed E-state index contributed by atoms with van der Waals surface area (Å²) in [5.74, 6) is 0.993. The van der Waals surface area contributed by atoms with Gasteiger partial charge in [-0.05, 0) is 12.8 Å². The number of nitrogens with one attached hydrogen (secondary N) is 2. The van der Waals surface area contributed by atoms with Crippen LogP contribution in [0.15, 0.2) is 0 Å². The van der Waals surface area contributed by atoms with Crippen LogP contribution in [0.1, 0.15) is 33.1 Å². The van der Waals surface area contributed by atoms with Gasteiger partial charge in [0.25, 0.3) is 0 Å². The molecule has 96 valence electrons. The van der Waals surface area contributed by atoms with Crippen LogP contribution in [0, 0.1) is 18.3 Å². The number of hydrogen-bond acceptors (Lipinski definition) is 2. The first kappa shape index (κ1) is 15.3. The van der Waals surface area contributed by atoms with Gasteiger partial charge in [0.1, 0.15) is 0 Å². The molecule has 0 aromatic carbocycles. The molecule has 0 rings (SSSR count). The van der Waals surface area contributed by atoms with Crippen molar-refractivity contribution in [2.75, 3.05) is 6.54 Å². The van der Waals surface area contributed by atoms with Crippen molar-refractivity contribution >= 4 is 12.0 Å². The normalized spacial score (nSPS) is 13.2. The van der Waals surface area contributed by atoms with Crippen molar-refractivity contribution in [3.63, 3.8) is 0 Å². The van der Waals surface area contributed by atoms with Gasteiger partial charge in [0, 0.05) is 6.54 Å². The van der Waals surface area contributed by atoms with Gasteiger partial charge in [-0.25, -0.2) is 4.79 Å². The van der Waals surface area contributed by atoms with Crippen LogP contribution < -0.4 is 10.6 Å². The molecule has 5 nitrogen and oxygen atoms in total. The Morgan fingerprint density at radius 2 is 2.06 bits per heavy atom. The number of hydrogen-bond donors (Lipinski definition) is 3. The van der Waals surface area contributed by atoms with E-state index in [1.54, 1.807) is 0 Å². The van der Waals surface area contributed by atoms with Crippen LogP contribution in [0.3, 0.4) is 0 Å². The van der Waals surface area contributed by atoms with E-state index in [-0.39, 0.29) is 12.6 Å². The number of urea groups is 1. The van der Waals surface area contributed by atoms with Gasteiger partial charge >= 0.3 is 12.0 Å². The Bertz CT molecular complexity index is 297. The van der Waals surface area contributed by atoms with Crippen LogP contribution >= 0.6 is 0 Å². The summed E-state index contributed by atoms with van der Waals surface area (Å²) >= 11 is 0. The monoisotopic (exact) mass is 240 g/mol. The van der Waals surface area contributed by atoms with E-state index < -0.39 is 17.9 Å². The highest BCUT2D eigenvalue weighted by Crippen LogP contribution is 2.04. The van der Waals surface area contributed by atoms with Crippen LogP contribution in [0.2, 0.25) is 0 Å². The molecule has 0 aliphatic heterocycles. The lowest BCUT2D eigenvalue weighted by Crippen LogP contribution is -2.43. The fraction of sp³-hybridized carbons (Fsp3) is 0.667. The zero-order chi connectivity index (χ0) is 13.3. The van der Waals surface area contributed by atoms with Gasteiger partial charge in [0.05, 0.1) is 12.0 Å². The van der Waals surface area contributed by atoms with E-state index in [9.17, 15) is 9.59 Å². The molecular weight excluding hydrogens is 220 g/mol. The Balaban J connectivity index is 4.04. The van der Waals surface area contributed by atoms with Crippen LogP contribution in [0.4, 0.5) is 4.79 Å². The minimum atomic E-state index is -0.892. The molecule has 0 heterocycles. The van der Waals surface area contributed by atoms with Crippen molar-refractivity contribution in [3.8, 4) is 12.3 Å². The summed E-state index contributed by atoms with van der Waals surface area (Å²) in [6.07, 6.45) is 7.15. The van der Waals surface area contributed by atoms with E-state index in [1.165, 1.54) is 0 Å². The Hall–Kier alpha value is -1.70. The van der Waals surface area contributed by atoms with E-state index in [1.807, 2.05) is 13.8 Å². The lowest BCUT2D eigenvalue weighted by Gasteiger charge is -2.15. The van der Waals surface area contributed by atoms with E-state index in [4.69, 9.17) is 11.5 Å². The molecule has 2 unspecified atom stereocenters. The molecule has 3 N–H and O–H groups in total.